The summed E-state index contributed by atoms with van der Waals surface area (Å²) < 4.78 is 0. The van der Waals surface area contributed by atoms with Crippen LogP contribution < -0.4 is 9.80 Å². The Labute approximate surface area is 299 Å². The summed E-state index contributed by atoms with van der Waals surface area (Å²) in [6, 6.07) is 73.0. The molecule has 0 unspecified atom stereocenters. The van der Waals surface area contributed by atoms with Crippen LogP contribution in [0.15, 0.2) is 200 Å². The van der Waals surface area contributed by atoms with Crippen LogP contribution in [0, 0.1) is 0 Å². The summed E-state index contributed by atoms with van der Waals surface area (Å²) in [5, 5.41) is 0. The lowest BCUT2D eigenvalue weighted by atomic mass is 9.74. The lowest BCUT2D eigenvalue weighted by Crippen LogP contribution is -2.29. The molecule has 0 saturated heterocycles. The number of benzene rings is 8. The Hall–Kier alpha value is -6.64. The Bertz CT molecular complexity index is 2360. The third kappa shape index (κ3) is 4.72. The first-order chi connectivity index (χ1) is 25.3. The molecule has 8 aromatic carbocycles. The highest BCUT2D eigenvalue weighted by Gasteiger charge is 2.41. The van der Waals surface area contributed by atoms with Gasteiger partial charge in [0.2, 0.25) is 0 Å². The molecule has 2 nitrogen and oxygen atoms in total. The molecule has 0 atom stereocenters. The van der Waals surface area contributed by atoms with Crippen LogP contribution in [0.2, 0.25) is 0 Å². The van der Waals surface area contributed by atoms with Crippen LogP contribution in [0.1, 0.15) is 22.6 Å². The predicted octanol–water partition coefficient (Wildman–Crippen LogP) is 13.4. The summed E-state index contributed by atoms with van der Waals surface area (Å²) in [6.45, 7) is 0. The van der Waals surface area contributed by atoms with Gasteiger partial charge in [-0.25, -0.2) is 0 Å². The summed E-state index contributed by atoms with van der Waals surface area (Å²) in [5.41, 5.74) is 18.3. The summed E-state index contributed by atoms with van der Waals surface area (Å²) in [7, 11) is 0. The Balaban J connectivity index is 1.36. The van der Waals surface area contributed by atoms with E-state index in [1.807, 2.05) is 0 Å². The molecule has 0 spiro atoms. The van der Waals surface area contributed by atoms with E-state index in [4.69, 9.17) is 0 Å². The summed E-state index contributed by atoms with van der Waals surface area (Å²) in [6.07, 6.45) is 0. The quantitative estimate of drug-likeness (QED) is 0.183. The first-order valence-electron chi connectivity index (χ1n) is 17.7. The fraction of sp³-hybridized carbons (Fsp3) is 0.0204. The molecule has 51 heavy (non-hydrogen) atoms. The van der Waals surface area contributed by atoms with Gasteiger partial charge in [-0.2, -0.15) is 0 Å². The van der Waals surface area contributed by atoms with E-state index in [-0.39, 0.29) is 5.92 Å². The third-order valence-corrected chi connectivity index (χ3v) is 10.4. The number of anilines is 6. The third-order valence-electron chi connectivity index (χ3n) is 10.4. The van der Waals surface area contributed by atoms with E-state index in [2.05, 4.69) is 210 Å². The SMILES string of the molecule is c1ccc(-c2cccc(-c3ccccc3)c2-c2cc3c4c(c2)N(c2ccccc2)c2ccccc2C4c2ccccc2N3c2ccccc2)cc1. The first kappa shape index (κ1) is 29.3. The van der Waals surface area contributed by atoms with Gasteiger partial charge in [0.25, 0.3) is 0 Å². The van der Waals surface area contributed by atoms with Crippen molar-refractivity contribution >= 4 is 34.1 Å². The molecule has 0 bridgehead atoms. The van der Waals surface area contributed by atoms with Gasteiger partial charge >= 0.3 is 0 Å². The zero-order chi connectivity index (χ0) is 33.7. The maximum Gasteiger partial charge on any atom is 0.0530 e. The lowest BCUT2D eigenvalue weighted by molar-refractivity contribution is 0.909. The number of hydrogen-bond acceptors (Lipinski definition) is 2. The highest BCUT2D eigenvalue weighted by Crippen LogP contribution is 2.61. The van der Waals surface area contributed by atoms with Gasteiger partial charge < -0.3 is 9.80 Å². The van der Waals surface area contributed by atoms with Gasteiger partial charge in [-0.15, -0.1) is 0 Å². The molecule has 0 saturated carbocycles. The van der Waals surface area contributed by atoms with Crippen LogP contribution >= 0.6 is 0 Å². The van der Waals surface area contributed by atoms with Crippen LogP contribution in [0.4, 0.5) is 34.1 Å². The largest absolute Gasteiger partial charge is 0.310 e. The number of fused-ring (bicyclic) bond motifs is 4. The minimum absolute atomic E-state index is 0.0781. The van der Waals surface area contributed by atoms with Gasteiger partial charge in [-0.1, -0.05) is 152 Å². The van der Waals surface area contributed by atoms with Gasteiger partial charge in [-0.3, -0.25) is 0 Å². The Morgan fingerprint density at radius 1 is 0.314 bits per heavy atom. The Morgan fingerprint density at radius 3 is 1.16 bits per heavy atom. The van der Waals surface area contributed by atoms with E-state index in [0.29, 0.717) is 0 Å². The first-order valence-corrected chi connectivity index (χ1v) is 17.7. The van der Waals surface area contributed by atoms with Crippen molar-refractivity contribution in [2.24, 2.45) is 0 Å². The zero-order valence-corrected chi connectivity index (χ0v) is 28.0. The molecular weight excluding hydrogens is 617 g/mol. The second kappa shape index (κ2) is 12.0. The molecule has 240 valence electrons. The number of rotatable bonds is 5. The summed E-state index contributed by atoms with van der Waals surface area (Å²) in [5.74, 6) is 0.0781. The van der Waals surface area contributed by atoms with E-state index in [1.54, 1.807) is 0 Å². The van der Waals surface area contributed by atoms with Gasteiger partial charge in [0.1, 0.15) is 0 Å². The molecule has 0 fully saturated rings. The van der Waals surface area contributed by atoms with Gasteiger partial charge in [0, 0.05) is 22.9 Å². The zero-order valence-electron chi connectivity index (χ0n) is 28.0. The molecule has 2 aliphatic heterocycles. The van der Waals surface area contributed by atoms with Crippen LogP contribution in [-0.4, -0.2) is 0 Å². The molecule has 2 aliphatic rings. The smallest absolute Gasteiger partial charge is 0.0530 e. The monoisotopic (exact) mass is 650 g/mol. The normalized spacial score (nSPS) is 12.9. The second-order valence-corrected chi connectivity index (χ2v) is 13.3. The van der Waals surface area contributed by atoms with Crippen molar-refractivity contribution < 1.29 is 0 Å². The van der Waals surface area contributed by atoms with E-state index in [0.717, 1.165) is 11.4 Å². The van der Waals surface area contributed by atoms with E-state index in [1.165, 1.54) is 72.8 Å². The minimum Gasteiger partial charge on any atom is -0.310 e. The van der Waals surface area contributed by atoms with Crippen molar-refractivity contribution in [1.82, 2.24) is 0 Å². The average Bonchev–Trinajstić information content (AvgIpc) is 3.21. The van der Waals surface area contributed by atoms with Crippen molar-refractivity contribution in [3.05, 3.63) is 217 Å². The fourth-order valence-electron chi connectivity index (χ4n) is 8.33. The number of para-hydroxylation sites is 4. The molecule has 0 aromatic heterocycles. The van der Waals surface area contributed by atoms with Crippen molar-refractivity contribution in [2.75, 3.05) is 9.80 Å². The van der Waals surface area contributed by atoms with Gasteiger partial charge in [0.15, 0.2) is 0 Å². The standard InChI is InChI=1S/C49H34N2/c1-5-18-34(19-6-1)39-28-17-29-40(35-20-7-2-8-21-35)47(39)36-32-45-49-46(33-36)51(38-24-11-4-12-25-38)44-31-16-14-27-42(44)48(49)41-26-13-15-30-43(41)50(45)37-22-9-3-10-23-37/h1-33,48H. The highest BCUT2D eigenvalue weighted by atomic mass is 15.2. The molecule has 0 radical (unpaired) electrons. The molecule has 2 heterocycles. The maximum atomic E-state index is 2.48. The van der Waals surface area contributed by atoms with Crippen LogP contribution in [0.3, 0.4) is 0 Å². The van der Waals surface area contributed by atoms with Crippen LogP contribution in [0.25, 0.3) is 33.4 Å². The van der Waals surface area contributed by atoms with Gasteiger partial charge in [-0.05, 0) is 93.0 Å². The van der Waals surface area contributed by atoms with Crippen LogP contribution in [0.5, 0.6) is 0 Å². The second-order valence-electron chi connectivity index (χ2n) is 13.3. The number of hydrogen-bond donors (Lipinski definition) is 0. The molecular formula is C49H34N2. The molecule has 0 aliphatic carbocycles. The van der Waals surface area contributed by atoms with Crippen molar-refractivity contribution in [1.29, 1.82) is 0 Å². The van der Waals surface area contributed by atoms with Crippen molar-refractivity contribution in [3.63, 3.8) is 0 Å². The van der Waals surface area contributed by atoms with Crippen molar-refractivity contribution in [3.8, 4) is 33.4 Å². The molecule has 8 aromatic rings. The molecule has 0 amide bonds. The van der Waals surface area contributed by atoms with Crippen molar-refractivity contribution in [2.45, 2.75) is 5.92 Å². The minimum atomic E-state index is 0.0781. The molecule has 0 N–H and O–H groups in total. The topological polar surface area (TPSA) is 6.48 Å². The number of nitrogens with zero attached hydrogens (tertiary/aromatic N) is 2. The predicted molar refractivity (Wildman–Crippen MR) is 213 cm³/mol. The Morgan fingerprint density at radius 2 is 0.706 bits per heavy atom. The maximum absolute atomic E-state index is 2.48. The van der Waals surface area contributed by atoms with Crippen LogP contribution in [-0.2, 0) is 0 Å². The fourth-order valence-corrected chi connectivity index (χ4v) is 8.33. The molecule has 10 rings (SSSR count). The summed E-state index contributed by atoms with van der Waals surface area (Å²) >= 11 is 0. The Kier molecular flexibility index (Phi) is 6.92. The molecule has 2 heteroatoms. The van der Waals surface area contributed by atoms with E-state index < -0.39 is 0 Å². The lowest BCUT2D eigenvalue weighted by Gasteiger charge is -2.45. The average molecular weight is 651 g/mol. The van der Waals surface area contributed by atoms with Gasteiger partial charge in [0.05, 0.1) is 22.7 Å². The van der Waals surface area contributed by atoms with E-state index >= 15 is 0 Å². The summed E-state index contributed by atoms with van der Waals surface area (Å²) in [4.78, 5) is 4.97. The van der Waals surface area contributed by atoms with E-state index in [9.17, 15) is 0 Å². The highest BCUT2D eigenvalue weighted by molar-refractivity contribution is 6.02.